The molecule has 39 heavy (non-hydrogen) atoms. The van der Waals surface area contributed by atoms with E-state index in [1.807, 2.05) is 46.2 Å². The minimum atomic E-state index is -0.505. The Balaban J connectivity index is 1.29. The number of ether oxygens (including phenoxy) is 3. The highest BCUT2D eigenvalue weighted by Gasteiger charge is 2.43. The van der Waals surface area contributed by atoms with Crippen molar-refractivity contribution in [3.05, 3.63) is 78.1 Å². The molecule has 0 N–H and O–H groups in total. The molecule has 2 atom stereocenters. The summed E-state index contributed by atoms with van der Waals surface area (Å²) in [4.78, 5) is 33.1. The quantitative estimate of drug-likeness (QED) is 0.486. The smallest absolute Gasteiger partial charge is 0.231 e. The van der Waals surface area contributed by atoms with E-state index in [1.165, 1.54) is 6.07 Å². The maximum Gasteiger partial charge on any atom is 0.231 e. The van der Waals surface area contributed by atoms with Crippen molar-refractivity contribution in [1.29, 1.82) is 0 Å². The fourth-order valence-corrected chi connectivity index (χ4v) is 5.78. The summed E-state index contributed by atoms with van der Waals surface area (Å²) >= 11 is 0. The lowest BCUT2D eigenvalue weighted by Crippen LogP contribution is -2.54. The lowest BCUT2D eigenvalue weighted by molar-refractivity contribution is -0.138. The summed E-state index contributed by atoms with van der Waals surface area (Å²) in [6.45, 7) is 2.18. The minimum absolute atomic E-state index is 0.00208. The zero-order valence-corrected chi connectivity index (χ0v) is 21.7. The van der Waals surface area contributed by atoms with Gasteiger partial charge in [-0.05, 0) is 48.4 Å². The summed E-state index contributed by atoms with van der Waals surface area (Å²) in [7, 11) is 1.60. The van der Waals surface area contributed by atoms with Gasteiger partial charge in [0.25, 0.3) is 0 Å². The summed E-state index contributed by atoms with van der Waals surface area (Å²) in [6.07, 6.45) is 0.704. The van der Waals surface area contributed by atoms with Crippen LogP contribution < -0.4 is 24.0 Å². The molecular weight excluding hydrogens is 501 g/mol. The van der Waals surface area contributed by atoms with Crippen LogP contribution in [0.1, 0.15) is 24.4 Å². The van der Waals surface area contributed by atoms with Gasteiger partial charge in [0, 0.05) is 44.4 Å². The van der Waals surface area contributed by atoms with Crippen molar-refractivity contribution in [2.24, 2.45) is 5.92 Å². The Kier molecular flexibility index (Phi) is 6.72. The van der Waals surface area contributed by atoms with Crippen LogP contribution in [0.2, 0.25) is 0 Å². The SMILES string of the molecule is COc1ccc([C@H]2[C@H](C(=O)N3CCN(c4ccccc4F)CC3)CCC(=O)N2c2ccc3c(c2)OCO3)cc1. The van der Waals surface area contributed by atoms with E-state index in [0.29, 0.717) is 61.2 Å². The number of carbonyl (C=O) groups is 2. The van der Waals surface area contributed by atoms with Crippen molar-refractivity contribution in [2.45, 2.75) is 18.9 Å². The first kappa shape index (κ1) is 25.0. The van der Waals surface area contributed by atoms with Gasteiger partial charge in [-0.1, -0.05) is 24.3 Å². The highest BCUT2D eigenvalue weighted by atomic mass is 19.1. The third-order valence-electron chi connectivity index (χ3n) is 7.79. The summed E-state index contributed by atoms with van der Waals surface area (Å²) in [6, 6.07) is 19.2. The monoisotopic (exact) mass is 531 g/mol. The van der Waals surface area contributed by atoms with Gasteiger partial charge in [-0.2, -0.15) is 0 Å². The average molecular weight is 532 g/mol. The van der Waals surface area contributed by atoms with Gasteiger partial charge in [-0.3, -0.25) is 9.59 Å². The Bertz CT molecular complexity index is 1370. The highest BCUT2D eigenvalue weighted by molar-refractivity contribution is 5.98. The Morgan fingerprint density at radius 1 is 0.949 bits per heavy atom. The van der Waals surface area contributed by atoms with E-state index in [-0.39, 0.29) is 30.8 Å². The minimum Gasteiger partial charge on any atom is -0.497 e. The number of nitrogens with zero attached hydrogens (tertiary/aromatic N) is 3. The van der Waals surface area contributed by atoms with Crippen LogP contribution in [-0.2, 0) is 9.59 Å². The zero-order valence-electron chi connectivity index (χ0n) is 21.7. The predicted molar refractivity (Wildman–Crippen MR) is 144 cm³/mol. The standard InChI is InChI=1S/C30H30FN3O5/c1-37-22-9-6-20(7-10-22)29-23(11-13-28(35)34(29)21-8-12-26-27(18-21)39-19-38-26)30(36)33-16-14-32(15-17-33)25-5-3-2-4-24(25)31/h2-10,12,18,23,29H,11,13-17,19H2,1H3/t23-,29+/m1/s1. The molecule has 0 aliphatic carbocycles. The Labute approximate surface area is 226 Å². The number of hydrogen-bond donors (Lipinski definition) is 0. The van der Waals surface area contributed by atoms with Gasteiger partial charge >= 0.3 is 0 Å². The zero-order chi connectivity index (χ0) is 26.9. The summed E-state index contributed by atoms with van der Waals surface area (Å²) in [5, 5.41) is 0. The van der Waals surface area contributed by atoms with Gasteiger partial charge in [-0.15, -0.1) is 0 Å². The van der Waals surface area contributed by atoms with E-state index in [2.05, 4.69) is 0 Å². The number of amides is 2. The summed E-state index contributed by atoms with van der Waals surface area (Å²) in [5.41, 5.74) is 2.06. The molecule has 0 unspecified atom stereocenters. The number of anilines is 2. The van der Waals surface area contributed by atoms with E-state index in [9.17, 15) is 14.0 Å². The number of hydrogen-bond acceptors (Lipinski definition) is 6. The van der Waals surface area contributed by atoms with Gasteiger partial charge in [0.05, 0.1) is 24.8 Å². The predicted octanol–water partition coefficient (Wildman–Crippen LogP) is 4.40. The summed E-state index contributed by atoms with van der Waals surface area (Å²) in [5.74, 6) is 1.15. The Morgan fingerprint density at radius 3 is 2.44 bits per heavy atom. The second-order valence-corrected chi connectivity index (χ2v) is 9.93. The fourth-order valence-electron chi connectivity index (χ4n) is 5.78. The number of para-hydroxylation sites is 1. The first-order chi connectivity index (χ1) is 19.0. The Hall–Kier alpha value is -4.27. The average Bonchev–Trinajstić information content (AvgIpc) is 3.45. The van der Waals surface area contributed by atoms with Crippen molar-refractivity contribution in [1.82, 2.24) is 4.90 Å². The molecule has 3 aliphatic heterocycles. The number of carbonyl (C=O) groups excluding carboxylic acids is 2. The molecule has 0 aromatic heterocycles. The van der Waals surface area contributed by atoms with Gasteiger partial charge in [0.2, 0.25) is 18.6 Å². The maximum absolute atomic E-state index is 14.4. The molecule has 0 radical (unpaired) electrons. The van der Waals surface area contributed by atoms with Crippen LogP contribution in [0, 0.1) is 11.7 Å². The molecule has 202 valence electrons. The van der Waals surface area contributed by atoms with Crippen molar-refractivity contribution >= 4 is 23.2 Å². The van der Waals surface area contributed by atoms with Gasteiger partial charge in [0.15, 0.2) is 11.5 Å². The Morgan fingerprint density at radius 2 is 1.69 bits per heavy atom. The second-order valence-electron chi connectivity index (χ2n) is 9.93. The molecule has 2 fully saturated rings. The number of halogens is 1. The van der Waals surface area contributed by atoms with Crippen molar-refractivity contribution < 1.29 is 28.2 Å². The first-order valence-electron chi connectivity index (χ1n) is 13.2. The third-order valence-corrected chi connectivity index (χ3v) is 7.79. The molecule has 3 aromatic rings. The molecule has 2 saturated heterocycles. The van der Waals surface area contributed by atoms with Crippen molar-refractivity contribution in [3.63, 3.8) is 0 Å². The molecule has 9 heteroatoms. The van der Waals surface area contributed by atoms with Crippen LogP contribution in [0.3, 0.4) is 0 Å². The van der Waals surface area contributed by atoms with Crippen molar-refractivity contribution in [3.8, 4) is 17.2 Å². The van der Waals surface area contributed by atoms with Crippen LogP contribution in [0.25, 0.3) is 0 Å². The third kappa shape index (κ3) is 4.73. The second kappa shape index (κ2) is 10.5. The maximum atomic E-state index is 14.4. The van der Waals surface area contributed by atoms with Crippen LogP contribution >= 0.6 is 0 Å². The molecule has 0 bridgehead atoms. The largest absolute Gasteiger partial charge is 0.497 e. The topological polar surface area (TPSA) is 71.6 Å². The molecule has 3 aromatic carbocycles. The van der Waals surface area contributed by atoms with E-state index >= 15 is 0 Å². The van der Waals surface area contributed by atoms with Crippen LogP contribution in [0.4, 0.5) is 15.8 Å². The number of piperazine rings is 1. The van der Waals surface area contributed by atoms with E-state index in [4.69, 9.17) is 14.2 Å². The van der Waals surface area contributed by atoms with E-state index in [1.54, 1.807) is 36.3 Å². The molecule has 0 saturated carbocycles. The lowest BCUT2D eigenvalue weighted by Gasteiger charge is -2.44. The summed E-state index contributed by atoms with van der Waals surface area (Å²) < 4.78 is 30.7. The molecule has 6 rings (SSSR count). The van der Waals surface area contributed by atoms with Gasteiger partial charge in [-0.25, -0.2) is 4.39 Å². The first-order valence-corrected chi connectivity index (χ1v) is 13.2. The number of rotatable bonds is 5. The van der Waals surface area contributed by atoms with E-state index < -0.39 is 12.0 Å². The van der Waals surface area contributed by atoms with E-state index in [0.717, 1.165) is 5.56 Å². The number of piperidine rings is 1. The van der Waals surface area contributed by atoms with Crippen LogP contribution in [0.15, 0.2) is 66.7 Å². The molecular formula is C30H30FN3O5. The number of methoxy groups -OCH3 is 1. The molecule has 0 spiro atoms. The highest BCUT2D eigenvalue weighted by Crippen LogP contribution is 2.44. The van der Waals surface area contributed by atoms with Crippen molar-refractivity contribution in [2.75, 3.05) is 49.9 Å². The molecule has 3 aliphatic rings. The number of fused-ring (bicyclic) bond motifs is 1. The van der Waals surface area contributed by atoms with Gasteiger partial charge in [0.1, 0.15) is 11.6 Å². The molecule has 2 amide bonds. The number of benzene rings is 3. The molecule has 8 nitrogen and oxygen atoms in total. The normalized spacial score (nSPS) is 20.8. The van der Waals surface area contributed by atoms with Gasteiger partial charge < -0.3 is 28.9 Å². The fraction of sp³-hybridized carbons (Fsp3) is 0.333. The van der Waals surface area contributed by atoms with Crippen LogP contribution in [-0.4, -0.2) is 56.8 Å². The lowest BCUT2D eigenvalue weighted by atomic mass is 9.82. The van der Waals surface area contributed by atoms with Crippen LogP contribution in [0.5, 0.6) is 17.2 Å². The molecule has 3 heterocycles.